The van der Waals surface area contributed by atoms with Crippen molar-refractivity contribution in [2.75, 3.05) is 19.5 Å². The molecule has 2 aromatic carbocycles. The molecule has 1 N–H and O–H groups in total. The maximum Gasteiger partial charge on any atom is 0.227 e. The van der Waals surface area contributed by atoms with Crippen molar-refractivity contribution in [3.8, 4) is 33.5 Å². The largest absolute Gasteiger partial charge is 0.493 e. The van der Waals surface area contributed by atoms with Crippen LogP contribution in [0.3, 0.4) is 0 Å². The highest BCUT2D eigenvalue weighted by Gasteiger charge is 2.15. The van der Waals surface area contributed by atoms with Gasteiger partial charge in [-0.15, -0.1) is 10.2 Å². The smallest absolute Gasteiger partial charge is 0.227 e. The first-order valence-corrected chi connectivity index (χ1v) is 11.6. The Hall–Kier alpha value is -3.79. The molecule has 10 heteroatoms. The van der Waals surface area contributed by atoms with Crippen LogP contribution in [-0.4, -0.2) is 40.5 Å². The molecule has 0 bridgehead atoms. The first-order valence-electron chi connectivity index (χ1n) is 10.8. The van der Waals surface area contributed by atoms with Gasteiger partial charge in [-0.3, -0.25) is 4.79 Å². The Morgan fingerprint density at radius 2 is 1.76 bits per heavy atom. The number of carbonyl (C=O) groups excluding carboxylic acids is 1. The van der Waals surface area contributed by atoms with Gasteiger partial charge in [-0.2, -0.15) is 4.98 Å². The highest BCUT2D eigenvalue weighted by Crippen LogP contribution is 2.31. The molecule has 176 valence electrons. The van der Waals surface area contributed by atoms with E-state index < -0.39 is 0 Å². The van der Waals surface area contributed by atoms with E-state index in [4.69, 9.17) is 14.0 Å². The molecular formula is C24H25N5O4S. The predicted octanol–water partition coefficient (Wildman–Crippen LogP) is 4.97. The summed E-state index contributed by atoms with van der Waals surface area (Å²) in [7, 11) is 3.13. The number of amides is 1. The number of nitrogens with one attached hydrogen (secondary N) is 1. The van der Waals surface area contributed by atoms with Crippen LogP contribution in [0.2, 0.25) is 0 Å². The molecule has 1 amide bonds. The van der Waals surface area contributed by atoms with Crippen molar-refractivity contribution in [3.63, 3.8) is 0 Å². The van der Waals surface area contributed by atoms with Crippen molar-refractivity contribution in [2.24, 2.45) is 0 Å². The molecule has 0 spiro atoms. The van der Waals surface area contributed by atoms with Crippen LogP contribution in [-0.2, 0) is 11.2 Å². The summed E-state index contributed by atoms with van der Waals surface area (Å²) in [4.78, 5) is 16.8. The fraction of sp³-hybridized carbons (Fsp3) is 0.292. The molecule has 0 aliphatic rings. The van der Waals surface area contributed by atoms with Crippen LogP contribution in [0.1, 0.15) is 37.6 Å². The Morgan fingerprint density at radius 3 is 2.47 bits per heavy atom. The Morgan fingerprint density at radius 1 is 1.03 bits per heavy atom. The zero-order chi connectivity index (χ0) is 24.1. The average Bonchev–Trinajstić information content (AvgIpc) is 3.52. The van der Waals surface area contributed by atoms with Gasteiger partial charge >= 0.3 is 0 Å². The zero-order valence-electron chi connectivity index (χ0n) is 19.4. The summed E-state index contributed by atoms with van der Waals surface area (Å²) in [5.41, 5.74) is 2.95. The highest BCUT2D eigenvalue weighted by molar-refractivity contribution is 7.18. The number of hydrogen-bond acceptors (Lipinski definition) is 9. The molecule has 0 unspecified atom stereocenters. The fourth-order valence-electron chi connectivity index (χ4n) is 3.25. The first kappa shape index (κ1) is 23.4. The van der Waals surface area contributed by atoms with Crippen molar-refractivity contribution in [1.82, 2.24) is 20.3 Å². The van der Waals surface area contributed by atoms with E-state index in [9.17, 15) is 4.79 Å². The van der Waals surface area contributed by atoms with Gasteiger partial charge in [-0.1, -0.05) is 54.6 Å². The number of carbonyl (C=O) groups is 1. The average molecular weight is 480 g/mol. The van der Waals surface area contributed by atoms with Crippen LogP contribution in [0.25, 0.3) is 22.0 Å². The third-order valence-corrected chi connectivity index (χ3v) is 6.06. The zero-order valence-corrected chi connectivity index (χ0v) is 20.2. The lowest BCUT2D eigenvalue weighted by Gasteiger charge is -2.07. The molecule has 4 rings (SSSR count). The van der Waals surface area contributed by atoms with Gasteiger partial charge in [0.05, 0.1) is 14.2 Å². The normalized spacial score (nSPS) is 11.0. The summed E-state index contributed by atoms with van der Waals surface area (Å²) in [6, 6.07) is 13.6. The Balaban J connectivity index is 1.33. The summed E-state index contributed by atoms with van der Waals surface area (Å²) in [6.45, 7) is 4.30. The highest BCUT2D eigenvalue weighted by atomic mass is 32.1. The maximum atomic E-state index is 12.4. The molecule has 2 aromatic heterocycles. The molecule has 0 aliphatic carbocycles. The molecule has 9 nitrogen and oxygen atoms in total. The molecule has 2 heterocycles. The number of hydrogen-bond donors (Lipinski definition) is 1. The van der Waals surface area contributed by atoms with E-state index in [0.29, 0.717) is 40.7 Å². The molecule has 0 fully saturated rings. The molecule has 0 radical (unpaired) electrons. The van der Waals surface area contributed by atoms with Crippen LogP contribution < -0.4 is 14.8 Å². The number of nitrogens with zero attached hydrogens (tertiary/aromatic N) is 4. The lowest BCUT2D eigenvalue weighted by molar-refractivity contribution is -0.116. The van der Waals surface area contributed by atoms with Gasteiger partial charge in [0.25, 0.3) is 0 Å². The summed E-state index contributed by atoms with van der Waals surface area (Å²) >= 11 is 1.33. The topological polar surface area (TPSA) is 112 Å². The number of aryl methyl sites for hydroxylation is 1. The summed E-state index contributed by atoms with van der Waals surface area (Å²) in [6.07, 6.45) is 0.472. The lowest BCUT2D eigenvalue weighted by Crippen LogP contribution is -2.12. The van der Waals surface area contributed by atoms with Crippen molar-refractivity contribution < 1.29 is 18.8 Å². The van der Waals surface area contributed by atoms with E-state index in [0.717, 1.165) is 16.1 Å². The number of benzene rings is 2. The molecule has 0 atom stereocenters. The Kier molecular flexibility index (Phi) is 7.17. The number of aromatic nitrogens is 4. The minimum Gasteiger partial charge on any atom is -0.493 e. The van der Waals surface area contributed by atoms with E-state index in [1.165, 1.54) is 16.9 Å². The molecule has 0 saturated heterocycles. The molecule has 0 saturated carbocycles. The van der Waals surface area contributed by atoms with Gasteiger partial charge in [0, 0.05) is 24.0 Å². The quantitative estimate of drug-likeness (QED) is 0.358. The Bertz CT molecular complexity index is 1270. The molecule has 4 aromatic rings. The van der Waals surface area contributed by atoms with E-state index in [-0.39, 0.29) is 12.3 Å². The van der Waals surface area contributed by atoms with Crippen molar-refractivity contribution in [2.45, 2.75) is 32.6 Å². The SMILES string of the molecule is COc1ccc(-c2noc(CCC(=O)Nc3nnc(-c4ccc(C(C)C)cc4)s3)n2)cc1OC. The number of rotatable bonds is 9. The first-order chi connectivity index (χ1) is 16.5. The predicted molar refractivity (Wildman–Crippen MR) is 129 cm³/mol. The van der Waals surface area contributed by atoms with Crippen molar-refractivity contribution in [3.05, 3.63) is 53.9 Å². The van der Waals surface area contributed by atoms with Gasteiger partial charge in [0.15, 0.2) is 11.5 Å². The van der Waals surface area contributed by atoms with E-state index >= 15 is 0 Å². The van der Waals surface area contributed by atoms with Crippen LogP contribution in [0.15, 0.2) is 47.0 Å². The Labute approximate surface area is 201 Å². The van der Waals surface area contributed by atoms with E-state index in [1.54, 1.807) is 26.4 Å². The van der Waals surface area contributed by atoms with Crippen LogP contribution >= 0.6 is 11.3 Å². The van der Waals surface area contributed by atoms with Gasteiger partial charge in [-0.25, -0.2) is 0 Å². The maximum absolute atomic E-state index is 12.4. The fourth-order valence-corrected chi connectivity index (χ4v) is 4.02. The second kappa shape index (κ2) is 10.4. The van der Waals surface area contributed by atoms with Crippen LogP contribution in [0, 0.1) is 0 Å². The third-order valence-electron chi connectivity index (χ3n) is 5.17. The second-order valence-corrected chi connectivity index (χ2v) is 8.80. The van der Waals surface area contributed by atoms with Crippen LogP contribution in [0.4, 0.5) is 5.13 Å². The second-order valence-electron chi connectivity index (χ2n) is 7.82. The number of methoxy groups -OCH3 is 2. The van der Waals surface area contributed by atoms with Crippen molar-refractivity contribution in [1.29, 1.82) is 0 Å². The van der Waals surface area contributed by atoms with Gasteiger partial charge in [-0.05, 0) is 29.7 Å². The molecule has 0 aliphatic heterocycles. The van der Waals surface area contributed by atoms with Gasteiger partial charge in [0.2, 0.25) is 22.8 Å². The van der Waals surface area contributed by atoms with Crippen molar-refractivity contribution >= 4 is 22.4 Å². The molecular weight excluding hydrogens is 454 g/mol. The summed E-state index contributed by atoms with van der Waals surface area (Å²) in [5.74, 6) is 2.21. The molecule has 34 heavy (non-hydrogen) atoms. The van der Waals surface area contributed by atoms with Crippen LogP contribution in [0.5, 0.6) is 11.5 Å². The minimum absolute atomic E-state index is 0.172. The lowest BCUT2D eigenvalue weighted by atomic mass is 10.0. The number of anilines is 1. The van der Waals surface area contributed by atoms with E-state index in [2.05, 4.69) is 51.6 Å². The summed E-state index contributed by atoms with van der Waals surface area (Å²) < 4.78 is 15.9. The summed E-state index contributed by atoms with van der Waals surface area (Å²) in [5, 5.41) is 16.3. The monoisotopic (exact) mass is 479 g/mol. The van der Waals surface area contributed by atoms with Gasteiger partial charge < -0.3 is 19.3 Å². The number of ether oxygens (including phenoxy) is 2. The standard InChI is InChI=1S/C24H25N5O4S/c1-14(2)15-5-7-16(8-6-15)23-27-28-24(34-23)25-20(30)11-12-21-26-22(29-33-21)17-9-10-18(31-3)19(13-17)32-4/h5-10,13-14H,11-12H2,1-4H3,(H,25,28,30). The van der Waals surface area contributed by atoms with Gasteiger partial charge in [0.1, 0.15) is 5.01 Å². The minimum atomic E-state index is -0.205. The third kappa shape index (κ3) is 5.40. The van der Waals surface area contributed by atoms with E-state index in [1.807, 2.05) is 18.2 Å².